The summed E-state index contributed by atoms with van der Waals surface area (Å²) in [5.74, 6) is 0. The molecule has 0 aliphatic heterocycles. The molecule has 4 heteroatoms. The fourth-order valence-corrected chi connectivity index (χ4v) is 2.63. The first-order valence-corrected chi connectivity index (χ1v) is 7.50. The molecule has 4 nitrogen and oxygen atoms in total. The normalized spacial score (nSPS) is 19.6. The van der Waals surface area contributed by atoms with Crippen molar-refractivity contribution >= 4 is 6.03 Å². The molecule has 0 radical (unpaired) electrons. The summed E-state index contributed by atoms with van der Waals surface area (Å²) < 4.78 is 0. The van der Waals surface area contributed by atoms with Crippen molar-refractivity contribution in [3.8, 4) is 0 Å². The standard InChI is InChI=1S/C16H25N3O/c1-12(17-2)11-18-16(20)19-15-10-6-4-8-13-7-3-5-9-14(13)15/h3,5,7,9,12,15,17H,4,6,8,10-11H2,1-2H3,(H2,18,19,20). The van der Waals surface area contributed by atoms with E-state index in [0.29, 0.717) is 6.54 Å². The van der Waals surface area contributed by atoms with Crippen molar-refractivity contribution in [1.29, 1.82) is 0 Å². The van der Waals surface area contributed by atoms with Gasteiger partial charge in [0, 0.05) is 12.6 Å². The lowest BCUT2D eigenvalue weighted by molar-refractivity contribution is 0.235. The first-order chi connectivity index (χ1) is 9.70. The highest BCUT2D eigenvalue weighted by atomic mass is 16.2. The Balaban J connectivity index is 1.96. The molecule has 110 valence electrons. The van der Waals surface area contributed by atoms with Gasteiger partial charge in [-0.15, -0.1) is 0 Å². The van der Waals surface area contributed by atoms with Crippen LogP contribution in [-0.2, 0) is 6.42 Å². The van der Waals surface area contributed by atoms with Gasteiger partial charge in [-0.3, -0.25) is 0 Å². The van der Waals surface area contributed by atoms with E-state index in [1.165, 1.54) is 17.5 Å². The third-order valence-electron chi connectivity index (χ3n) is 3.99. The fraction of sp³-hybridized carbons (Fsp3) is 0.562. The van der Waals surface area contributed by atoms with Gasteiger partial charge >= 0.3 is 6.03 Å². The van der Waals surface area contributed by atoms with Crippen molar-refractivity contribution in [1.82, 2.24) is 16.0 Å². The quantitative estimate of drug-likeness (QED) is 0.739. The van der Waals surface area contributed by atoms with E-state index < -0.39 is 0 Å². The monoisotopic (exact) mass is 275 g/mol. The topological polar surface area (TPSA) is 53.2 Å². The molecular weight excluding hydrogens is 250 g/mol. The highest BCUT2D eigenvalue weighted by Gasteiger charge is 2.19. The summed E-state index contributed by atoms with van der Waals surface area (Å²) in [6, 6.07) is 8.79. The van der Waals surface area contributed by atoms with Crippen LogP contribution in [0.1, 0.15) is 43.4 Å². The summed E-state index contributed by atoms with van der Waals surface area (Å²) in [6.07, 6.45) is 4.50. The van der Waals surface area contributed by atoms with Gasteiger partial charge in [-0.1, -0.05) is 30.7 Å². The molecule has 2 atom stereocenters. The summed E-state index contributed by atoms with van der Waals surface area (Å²) in [5, 5.41) is 9.14. The Labute approximate surface area is 121 Å². The van der Waals surface area contributed by atoms with Gasteiger partial charge in [-0.25, -0.2) is 4.79 Å². The van der Waals surface area contributed by atoms with Gasteiger partial charge in [0.05, 0.1) is 6.04 Å². The Kier molecular flexibility index (Phi) is 5.41. The highest BCUT2D eigenvalue weighted by molar-refractivity contribution is 5.74. The van der Waals surface area contributed by atoms with Crippen LogP contribution in [0.4, 0.5) is 4.79 Å². The fourth-order valence-electron chi connectivity index (χ4n) is 2.63. The second-order valence-corrected chi connectivity index (χ2v) is 5.54. The number of rotatable bonds is 4. The van der Waals surface area contributed by atoms with Crippen LogP contribution in [0.2, 0.25) is 0 Å². The van der Waals surface area contributed by atoms with E-state index in [4.69, 9.17) is 0 Å². The van der Waals surface area contributed by atoms with E-state index in [1.54, 1.807) is 0 Å². The summed E-state index contributed by atoms with van der Waals surface area (Å²) >= 11 is 0. The SMILES string of the molecule is CNC(C)CNC(=O)NC1CCCCc2ccccc21. The first-order valence-electron chi connectivity index (χ1n) is 7.50. The van der Waals surface area contributed by atoms with E-state index in [-0.39, 0.29) is 18.1 Å². The molecule has 0 spiro atoms. The predicted octanol–water partition coefficient (Wildman–Crippen LogP) is 2.36. The van der Waals surface area contributed by atoms with E-state index in [9.17, 15) is 4.79 Å². The van der Waals surface area contributed by atoms with Crippen LogP contribution in [0.25, 0.3) is 0 Å². The Morgan fingerprint density at radius 2 is 2.15 bits per heavy atom. The van der Waals surface area contributed by atoms with Crippen LogP contribution >= 0.6 is 0 Å². The first kappa shape index (κ1) is 14.9. The van der Waals surface area contributed by atoms with Crippen molar-refractivity contribution in [2.75, 3.05) is 13.6 Å². The number of fused-ring (bicyclic) bond motifs is 1. The molecule has 2 amide bonds. The summed E-state index contributed by atoms with van der Waals surface area (Å²) in [5.41, 5.74) is 2.65. The number of carbonyl (C=O) groups excluding carboxylic acids is 1. The molecule has 0 saturated carbocycles. The van der Waals surface area contributed by atoms with E-state index >= 15 is 0 Å². The molecule has 0 fully saturated rings. The molecule has 2 rings (SSSR count). The zero-order valence-electron chi connectivity index (χ0n) is 12.4. The Bertz CT molecular complexity index is 447. The van der Waals surface area contributed by atoms with Gasteiger partial charge in [0.2, 0.25) is 0 Å². The number of hydrogen-bond donors (Lipinski definition) is 3. The van der Waals surface area contributed by atoms with E-state index in [2.05, 4.69) is 40.2 Å². The average Bonchev–Trinajstić information content (AvgIpc) is 2.67. The second kappa shape index (κ2) is 7.29. The third-order valence-corrected chi connectivity index (χ3v) is 3.99. The molecule has 1 aromatic carbocycles. The number of aryl methyl sites for hydroxylation is 1. The summed E-state index contributed by atoms with van der Waals surface area (Å²) in [7, 11) is 1.89. The molecule has 0 bridgehead atoms. The van der Waals surface area contributed by atoms with Crippen LogP contribution in [0, 0.1) is 0 Å². The number of nitrogens with one attached hydrogen (secondary N) is 3. The molecular formula is C16H25N3O. The summed E-state index contributed by atoms with van der Waals surface area (Å²) in [6.45, 7) is 2.68. The summed E-state index contributed by atoms with van der Waals surface area (Å²) in [4.78, 5) is 12.0. The Hall–Kier alpha value is -1.55. The van der Waals surface area contributed by atoms with Gasteiger partial charge < -0.3 is 16.0 Å². The second-order valence-electron chi connectivity index (χ2n) is 5.54. The van der Waals surface area contributed by atoms with E-state index in [0.717, 1.165) is 19.3 Å². The molecule has 3 N–H and O–H groups in total. The molecule has 0 aromatic heterocycles. The van der Waals surface area contributed by atoms with Crippen LogP contribution in [0.3, 0.4) is 0 Å². The van der Waals surface area contributed by atoms with Crippen LogP contribution in [0.15, 0.2) is 24.3 Å². The third kappa shape index (κ3) is 3.97. The van der Waals surface area contributed by atoms with Crippen molar-refractivity contribution in [3.05, 3.63) is 35.4 Å². The number of carbonyl (C=O) groups is 1. The maximum Gasteiger partial charge on any atom is 0.315 e. The smallest absolute Gasteiger partial charge is 0.315 e. The predicted molar refractivity (Wildman–Crippen MR) is 81.8 cm³/mol. The minimum atomic E-state index is -0.0752. The Morgan fingerprint density at radius 3 is 2.95 bits per heavy atom. The van der Waals surface area contributed by atoms with Crippen LogP contribution in [-0.4, -0.2) is 25.7 Å². The molecule has 1 aromatic rings. The average molecular weight is 275 g/mol. The van der Waals surface area contributed by atoms with Crippen molar-refractivity contribution in [3.63, 3.8) is 0 Å². The molecule has 1 aliphatic carbocycles. The number of hydrogen-bond acceptors (Lipinski definition) is 2. The van der Waals surface area contributed by atoms with E-state index in [1.807, 2.05) is 14.0 Å². The van der Waals surface area contributed by atoms with Crippen molar-refractivity contribution < 1.29 is 4.79 Å². The lowest BCUT2D eigenvalue weighted by Gasteiger charge is -2.20. The van der Waals surface area contributed by atoms with Crippen molar-refractivity contribution in [2.24, 2.45) is 0 Å². The van der Waals surface area contributed by atoms with Gasteiger partial charge in [-0.2, -0.15) is 0 Å². The molecule has 2 unspecified atom stereocenters. The highest BCUT2D eigenvalue weighted by Crippen LogP contribution is 2.28. The lowest BCUT2D eigenvalue weighted by atomic mass is 9.99. The minimum Gasteiger partial charge on any atom is -0.337 e. The number of amides is 2. The van der Waals surface area contributed by atoms with Crippen LogP contribution < -0.4 is 16.0 Å². The Morgan fingerprint density at radius 1 is 1.35 bits per heavy atom. The lowest BCUT2D eigenvalue weighted by Crippen LogP contribution is -2.43. The van der Waals surface area contributed by atoms with Gasteiger partial charge in [0.1, 0.15) is 0 Å². The maximum atomic E-state index is 12.0. The van der Waals surface area contributed by atoms with Crippen LogP contribution in [0.5, 0.6) is 0 Å². The zero-order valence-corrected chi connectivity index (χ0v) is 12.4. The number of urea groups is 1. The van der Waals surface area contributed by atoms with Crippen molar-refractivity contribution in [2.45, 2.75) is 44.7 Å². The number of benzene rings is 1. The molecule has 1 aliphatic rings. The van der Waals surface area contributed by atoms with Gasteiger partial charge in [-0.05, 0) is 44.4 Å². The molecule has 0 heterocycles. The zero-order chi connectivity index (χ0) is 14.4. The molecule has 20 heavy (non-hydrogen) atoms. The number of likely N-dealkylation sites (N-methyl/N-ethyl adjacent to an activating group) is 1. The van der Waals surface area contributed by atoms with Gasteiger partial charge in [0.15, 0.2) is 0 Å². The maximum absolute atomic E-state index is 12.0. The minimum absolute atomic E-state index is 0.0752. The largest absolute Gasteiger partial charge is 0.337 e. The van der Waals surface area contributed by atoms with Gasteiger partial charge in [0.25, 0.3) is 0 Å². The molecule has 0 saturated heterocycles.